The summed E-state index contributed by atoms with van der Waals surface area (Å²) in [5.74, 6) is 0. The minimum absolute atomic E-state index is 0.297. The van der Waals surface area contributed by atoms with Crippen molar-refractivity contribution in [3.05, 3.63) is 20.8 Å². The molecule has 0 saturated carbocycles. The molecule has 0 aliphatic rings. The number of hydrogen-bond donors (Lipinski definition) is 2. The average molecular weight is 235 g/mol. The minimum Gasteiger partial charge on any atom is -0.329 e. The molecule has 0 aromatic carbocycles. The van der Waals surface area contributed by atoms with E-state index >= 15 is 0 Å². The smallest absolute Gasteiger partial charge is 0.0537 e. The molecule has 1 unspecified atom stereocenters. The summed E-state index contributed by atoms with van der Waals surface area (Å²) in [4.78, 5) is 1.28. The molecule has 0 amide bonds. The van der Waals surface area contributed by atoms with Crippen molar-refractivity contribution in [2.24, 2.45) is 5.73 Å². The summed E-state index contributed by atoms with van der Waals surface area (Å²) in [5, 5.41) is 5.21. The van der Waals surface area contributed by atoms with Gasteiger partial charge in [0.25, 0.3) is 0 Å². The molecule has 1 aromatic rings. The molecule has 1 aromatic heterocycles. The number of halogens is 1. The normalized spacial score (nSPS) is 13.4. The topological polar surface area (TPSA) is 38.0 Å². The lowest BCUT2D eigenvalue weighted by Crippen LogP contribution is -2.23. The van der Waals surface area contributed by atoms with Gasteiger partial charge in [-0.3, -0.25) is 0 Å². The lowest BCUT2D eigenvalue weighted by molar-refractivity contribution is 0.615. The number of likely N-dealkylation sites (N-methyl/N-ethyl adjacent to an activating group) is 1. The van der Waals surface area contributed by atoms with Gasteiger partial charge in [-0.2, -0.15) is 0 Å². The van der Waals surface area contributed by atoms with Crippen LogP contribution in [0.2, 0.25) is 0 Å². The molecular weight excluding hydrogens is 224 g/mol. The van der Waals surface area contributed by atoms with E-state index in [1.807, 2.05) is 7.05 Å². The Balaban J connectivity index is 2.73. The van der Waals surface area contributed by atoms with E-state index in [9.17, 15) is 0 Å². The van der Waals surface area contributed by atoms with Gasteiger partial charge in [-0.05, 0) is 29.0 Å². The fraction of sp³-hybridized carbons (Fsp3) is 0.429. The largest absolute Gasteiger partial charge is 0.329 e. The van der Waals surface area contributed by atoms with Gasteiger partial charge in [-0.1, -0.05) is 0 Å². The van der Waals surface area contributed by atoms with Crippen LogP contribution in [0.4, 0.5) is 0 Å². The van der Waals surface area contributed by atoms with Gasteiger partial charge in [0.1, 0.15) is 0 Å². The Morgan fingerprint density at radius 3 is 2.91 bits per heavy atom. The molecule has 4 heteroatoms. The lowest BCUT2D eigenvalue weighted by atomic mass is 10.2. The molecule has 0 bridgehead atoms. The molecule has 1 rings (SSSR count). The summed E-state index contributed by atoms with van der Waals surface area (Å²) in [5.41, 5.74) is 5.55. The highest BCUT2D eigenvalue weighted by Gasteiger charge is 2.07. The zero-order chi connectivity index (χ0) is 8.27. The Labute approximate surface area is 78.9 Å². The molecule has 0 aliphatic heterocycles. The van der Waals surface area contributed by atoms with E-state index in [0.717, 1.165) is 4.47 Å². The standard InChI is InChI=1S/C7H11BrN2S/c1-10-6(3-9)7-2-5(8)4-11-7/h2,4,6,10H,3,9H2,1H3. The highest BCUT2D eigenvalue weighted by atomic mass is 79.9. The van der Waals surface area contributed by atoms with Crippen molar-refractivity contribution in [3.63, 3.8) is 0 Å². The first kappa shape index (κ1) is 9.19. The second-order valence-electron chi connectivity index (χ2n) is 2.24. The van der Waals surface area contributed by atoms with Crippen LogP contribution in [-0.4, -0.2) is 13.6 Å². The molecule has 0 aliphatic carbocycles. The molecule has 1 heterocycles. The van der Waals surface area contributed by atoms with E-state index in [4.69, 9.17) is 5.73 Å². The molecule has 0 radical (unpaired) electrons. The van der Waals surface area contributed by atoms with Crippen LogP contribution in [0.15, 0.2) is 15.9 Å². The minimum atomic E-state index is 0.297. The predicted molar refractivity (Wildman–Crippen MR) is 52.9 cm³/mol. The molecule has 0 fully saturated rings. The Kier molecular flexibility index (Phi) is 3.51. The van der Waals surface area contributed by atoms with Crippen molar-refractivity contribution in [2.45, 2.75) is 6.04 Å². The van der Waals surface area contributed by atoms with Crippen molar-refractivity contribution in [3.8, 4) is 0 Å². The summed E-state index contributed by atoms with van der Waals surface area (Å²) < 4.78 is 1.13. The number of thiophene rings is 1. The molecular formula is C7H11BrN2S. The third kappa shape index (κ3) is 2.27. The maximum absolute atomic E-state index is 5.55. The molecule has 2 nitrogen and oxygen atoms in total. The first-order valence-corrected chi connectivity index (χ1v) is 5.06. The van der Waals surface area contributed by atoms with Crippen LogP contribution in [0.25, 0.3) is 0 Å². The second kappa shape index (κ2) is 4.21. The number of nitrogens with one attached hydrogen (secondary N) is 1. The number of nitrogens with two attached hydrogens (primary N) is 1. The van der Waals surface area contributed by atoms with Crippen molar-refractivity contribution in [2.75, 3.05) is 13.6 Å². The SMILES string of the molecule is CNC(CN)c1cc(Br)cs1. The Morgan fingerprint density at radius 2 is 2.55 bits per heavy atom. The maximum Gasteiger partial charge on any atom is 0.0537 e. The van der Waals surface area contributed by atoms with E-state index in [1.54, 1.807) is 11.3 Å². The Bertz CT molecular complexity index is 220. The van der Waals surface area contributed by atoms with Crippen molar-refractivity contribution < 1.29 is 0 Å². The molecule has 11 heavy (non-hydrogen) atoms. The van der Waals surface area contributed by atoms with Crippen LogP contribution < -0.4 is 11.1 Å². The highest BCUT2D eigenvalue weighted by Crippen LogP contribution is 2.24. The summed E-state index contributed by atoms with van der Waals surface area (Å²) in [6.07, 6.45) is 0. The van der Waals surface area contributed by atoms with Gasteiger partial charge in [-0.25, -0.2) is 0 Å². The van der Waals surface area contributed by atoms with Crippen molar-refractivity contribution in [1.29, 1.82) is 0 Å². The summed E-state index contributed by atoms with van der Waals surface area (Å²) in [7, 11) is 1.92. The van der Waals surface area contributed by atoms with E-state index < -0.39 is 0 Å². The van der Waals surface area contributed by atoms with Gasteiger partial charge < -0.3 is 11.1 Å². The van der Waals surface area contributed by atoms with Crippen LogP contribution in [0.5, 0.6) is 0 Å². The fourth-order valence-electron chi connectivity index (χ4n) is 0.887. The monoisotopic (exact) mass is 234 g/mol. The predicted octanol–water partition coefficient (Wildman–Crippen LogP) is 1.73. The number of rotatable bonds is 3. The maximum atomic E-state index is 5.55. The third-order valence-corrected chi connectivity index (χ3v) is 3.32. The van der Waals surface area contributed by atoms with Gasteiger partial charge in [0.2, 0.25) is 0 Å². The Hall–Kier alpha value is 0.1000. The van der Waals surface area contributed by atoms with Crippen LogP contribution in [-0.2, 0) is 0 Å². The second-order valence-corrected chi connectivity index (χ2v) is 4.10. The van der Waals surface area contributed by atoms with Gasteiger partial charge >= 0.3 is 0 Å². The zero-order valence-corrected chi connectivity index (χ0v) is 8.71. The molecule has 1 atom stereocenters. The molecule has 0 saturated heterocycles. The van der Waals surface area contributed by atoms with E-state index in [2.05, 4.69) is 32.7 Å². The summed E-state index contributed by atoms with van der Waals surface area (Å²) in [6.45, 7) is 0.642. The van der Waals surface area contributed by atoms with Crippen molar-refractivity contribution in [1.82, 2.24) is 5.32 Å². The van der Waals surface area contributed by atoms with Gasteiger partial charge in [0.05, 0.1) is 6.04 Å². The molecule has 62 valence electrons. The van der Waals surface area contributed by atoms with Crippen LogP contribution in [0, 0.1) is 0 Å². The third-order valence-electron chi connectivity index (χ3n) is 1.52. The first-order valence-electron chi connectivity index (χ1n) is 3.39. The van der Waals surface area contributed by atoms with E-state index in [-0.39, 0.29) is 0 Å². The van der Waals surface area contributed by atoms with Gasteiger partial charge in [-0.15, -0.1) is 11.3 Å². The summed E-state index contributed by atoms with van der Waals surface area (Å²) >= 11 is 5.12. The summed E-state index contributed by atoms with van der Waals surface area (Å²) in [6, 6.07) is 2.39. The van der Waals surface area contributed by atoms with E-state index in [1.165, 1.54) is 4.88 Å². The fourth-order valence-corrected chi connectivity index (χ4v) is 2.46. The molecule has 3 N–H and O–H groups in total. The van der Waals surface area contributed by atoms with Crippen LogP contribution >= 0.6 is 27.3 Å². The lowest BCUT2D eigenvalue weighted by Gasteiger charge is -2.10. The van der Waals surface area contributed by atoms with Crippen LogP contribution in [0.3, 0.4) is 0 Å². The number of hydrogen-bond acceptors (Lipinski definition) is 3. The Morgan fingerprint density at radius 1 is 1.82 bits per heavy atom. The quantitative estimate of drug-likeness (QED) is 0.837. The van der Waals surface area contributed by atoms with Gasteiger partial charge in [0.15, 0.2) is 0 Å². The van der Waals surface area contributed by atoms with Gasteiger partial charge in [0, 0.05) is 21.3 Å². The first-order chi connectivity index (χ1) is 5.27. The highest BCUT2D eigenvalue weighted by molar-refractivity contribution is 9.10. The van der Waals surface area contributed by atoms with Crippen molar-refractivity contribution >= 4 is 27.3 Å². The molecule has 0 spiro atoms. The van der Waals surface area contributed by atoms with E-state index in [0.29, 0.717) is 12.6 Å². The van der Waals surface area contributed by atoms with Crippen LogP contribution in [0.1, 0.15) is 10.9 Å². The zero-order valence-electron chi connectivity index (χ0n) is 6.30. The average Bonchev–Trinajstić information content (AvgIpc) is 2.39.